The zero-order valence-electron chi connectivity index (χ0n) is 16.9. The molecule has 1 heterocycles. The predicted octanol–water partition coefficient (Wildman–Crippen LogP) is 4.06. The second-order valence-electron chi connectivity index (χ2n) is 7.06. The van der Waals surface area contributed by atoms with Crippen molar-refractivity contribution in [2.75, 3.05) is 19.0 Å². The molecule has 0 bridgehead atoms. The summed E-state index contributed by atoms with van der Waals surface area (Å²) in [5.74, 6) is 0.650. The molecule has 4 rings (SSSR count). The number of carbonyl (C=O) groups excluding carboxylic acids is 2. The van der Waals surface area contributed by atoms with Gasteiger partial charge in [0, 0.05) is 31.7 Å². The van der Waals surface area contributed by atoms with Gasteiger partial charge < -0.3 is 15.0 Å². The summed E-state index contributed by atoms with van der Waals surface area (Å²) in [6, 6.07) is 24.6. The van der Waals surface area contributed by atoms with Crippen LogP contribution >= 0.6 is 0 Å². The van der Waals surface area contributed by atoms with Crippen LogP contribution in [0.2, 0.25) is 0 Å². The number of nitrogens with one attached hydrogen (secondary N) is 1. The third-order valence-corrected chi connectivity index (χ3v) is 5.16. The summed E-state index contributed by atoms with van der Waals surface area (Å²) in [6.45, 7) is 0. The SMILES string of the molecule is CNC(=O)c1ccc(CC(=C2Oc3ccccc3N(C)C2=O)c2ccccc2)cc1. The molecule has 0 fully saturated rings. The maximum absolute atomic E-state index is 13.2. The van der Waals surface area contributed by atoms with Gasteiger partial charge in [-0.3, -0.25) is 9.59 Å². The molecule has 3 aromatic rings. The minimum absolute atomic E-state index is 0.132. The highest BCUT2D eigenvalue weighted by Gasteiger charge is 2.30. The van der Waals surface area contributed by atoms with Crippen LogP contribution in [0.25, 0.3) is 5.57 Å². The number of benzene rings is 3. The fourth-order valence-electron chi connectivity index (χ4n) is 3.50. The number of para-hydroxylation sites is 2. The van der Waals surface area contributed by atoms with Gasteiger partial charge in [-0.25, -0.2) is 0 Å². The van der Waals surface area contributed by atoms with Gasteiger partial charge in [-0.15, -0.1) is 0 Å². The first-order chi connectivity index (χ1) is 14.6. The van der Waals surface area contributed by atoms with E-state index in [4.69, 9.17) is 4.74 Å². The summed E-state index contributed by atoms with van der Waals surface area (Å²) in [7, 11) is 3.36. The van der Waals surface area contributed by atoms with Crippen molar-refractivity contribution in [3.8, 4) is 5.75 Å². The number of likely N-dealkylation sites (N-methyl/N-ethyl adjacent to an activating group) is 1. The Kier molecular flexibility index (Phi) is 5.35. The molecule has 3 aromatic carbocycles. The van der Waals surface area contributed by atoms with Crippen LogP contribution in [-0.4, -0.2) is 25.9 Å². The predicted molar refractivity (Wildman–Crippen MR) is 117 cm³/mol. The molecule has 150 valence electrons. The second-order valence-corrected chi connectivity index (χ2v) is 7.06. The van der Waals surface area contributed by atoms with Crippen molar-refractivity contribution >= 4 is 23.1 Å². The van der Waals surface area contributed by atoms with Gasteiger partial charge in [-0.1, -0.05) is 54.6 Å². The normalized spacial score (nSPS) is 14.6. The van der Waals surface area contributed by atoms with Crippen LogP contribution in [0, 0.1) is 0 Å². The van der Waals surface area contributed by atoms with Crippen LogP contribution in [-0.2, 0) is 11.2 Å². The van der Waals surface area contributed by atoms with E-state index in [0.29, 0.717) is 23.5 Å². The Morgan fingerprint density at radius 2 is 1.57 bits per heavy atom. The molecule has 0 saturated heterocycles. The van der Waals surface area contributed by atoms with Crippen LogP contribution < -0.4 is 15.0 Å². The van der Waals surface area contributed by atoms with Crippen LogP contribution in [0.5, 0.6) is 5.75 Å². The van der Waals surface area contributed by atoms with Gasteiger partial charge in [0.2, 0.25) is 0 Å². The van der Waals surface area contributed by atoms with Gasteiger partial charge >= 0.3 is 0 Å². The Balaban J connectivity index is 1.78. The van der Waals surface area contributed by atoms with E-state index >= 15 is 0 Å². The number of allylic oxidation sites excluding steroid dienone is 1. The Morgan fingerprint density at radius 1 is 0.900 bits per heavy atom. The first kappa shape index (κ1) is 19.5. The quantitative estimate of drug-likeness (QED) is 0.675. The number of ether oxygens (including phenoxy) is 1. The average molecular weight is 398 g/mol. The monoisotopic (exact) mass is 398 g/mol. The van der Waals surface area contributed by atoms with Gasteiger partial charge in [-0.05, 0) is 35.4 Å². The fourth-order valence-corrected chi connectivity index (χ4v) is 3.50. The zero-order valence-corrected chi connectivity index (χ0v) is 16.9. The molecule has 5 heteroatoms. The lowest BCUT2D eigenvalue weighted by atomic mass is 9.95. The highest BCUT2D eigenvalue weighted by Crippen LogP contribution is 2.37. The van der Waals surface area contributed by atoms with E-state index in [2.05, 4.69) is 5.32 Å². The molecule has 0 aliphatic carbocycles. The first-order valence-electron chi connectivity index (χ1n) is 9.73. The summed E-state index contributed by atoms with van der Waals surface area (Å²) >= 11 is 0. The topological polar surface area (TPSA) is 58.6 Å². The van der Waals surface area contributed by atoms with E-state index < -0.39 is 0 Å². The van der Waals surface area contributed by atoms with Crippen LogP contribution in [0.4, 0.5) is 5.69 Å². The molecule has 0 atom stereocenters. The van der Waals surface area contributed by atoms with Crippen molar-refractivity contribution in [2.24, 2.45) is 0 Å². The molecular formula is C25H22N2O3. The number of amides is 2. The van der Waals surface area contributed by atoms with E-state index in [0.717, 1.165) is 22.4 Å². The Labute approximate surface area is 175 Å². The highest BCUT2D eigenvalue weighted by molar-refractivity contribution is 6.11. The summed E-state index contributed by atoms with van der Waals surface area (Å²) < 4.78 is 6.11. The maximum atomic E-state index is 13.2. The summed E-state index contributed by atoms with van der Waals surface area (Å²) in [4.78, 5) is 26.6. The molecule has 1 N–H and O–H groups in total. The van der Waals surface area contributed by atoms with Gasteiger partial charge in [0.15, 0.2) is 11.5 Å². The van der Waals surface area contributed by atoms with Crippen molar-refractivity contribution in [3.05, 3.63) is 101 Å². The first-order valence-corrected chi connectivity index (χ1v) is 9.73. The number of rotatable bonds is 4. The molecule has 5 nitrogen and oxygen atoms in total. The van der Waals surface area contributed by atoms with Crippen molar-refractivity contribution in [3.63, 3.8) is 0 Å². The largest absolute Gasteiger partial charge is 0.449 e. The molecule has 1 aliphatic heterocycles. The summed E-state index contributed by atoms with van der Waals surface area (Å²) in [6.07, 6.45) is 0.495. The van der Waals surface area contributed by atoms with E-state index in [9.17, 15) is 9.59 Å². The average Bonchev–Trinajstić information content (AvgIpc) is 2.80. The molecule has 0 aromatic heterocycles. The van der Waals surface area contributed by atoms with Gasteiger partial charge in [0.25, 0.3) is 11.8 Å². The Bertz CT molecular complexity index is 1120. The van der Waals surface area contributed by atoms with Crippen molar-refractivity contribution in [1.29, 1.82) is 0 Å². The molecule has 0 saturated carbocycles. The maximum Gasteiger partial charge on any atom is 0.294 e. The second kappa shape index (κ2) is 8.25. The zero-order chi connectivity index (χ0) is 21.1. The van der Waals surface area contributed by atoms with Crippen molar-refractivity contribution in [1.82, 2.24) is 5.32 Å². The summed E-state index contributed by atoms with van der Waals surface area (Å²) in [5.41, 5.74) is 4.04. The Morgan fingerprint density at radius 3 is 2.27 bits per heavy atom. The molecule has 0 radical (unpaired) electrons. The van der Waals surface area contributed by atoms with Crippen LogP contribution in [0.3, 0.4) is 0 Å². The van der Waals surface area contributed by atoms with Crippen molar-refractivity contribution in [2.45, 2.75) is 6.42 Å². The molecule has 2 amide bonds. The van der Waals surface area contributed by atoms with Crippen molar-refractivity contribution < 1.29 is 14.3 Å². The lowest BCUT2D eigenvalue weighted by molar-refractivity contribution is -0.117. The molecular weight excluding hydrogens is 376 g/mol. The lowest BCUT2D eigenvalue weighted by Crippen LogP contribution is -2.34. The van der Waals surface area contributed by atoms with E-state index in [1.807, 2.05) is 66.7 Å². The molecule has 1 aliphatic rings. The van der Waals surface area contributed by atoms with E-state index in [1.165, 1.54) is 0 Å². The molecule has 0 spiro atoms. The molecule has 0 unspecified atom stereocenters. The van der Waals surface area contributed by atoms with E-state index in [-0.39, 0.29) is 11.8 Å². The van der Waals surface area contributed by atoms with Gasteiger partial charge in [-0.2, -0.15) is 0 Å². The fraction of sp³-hybridized carbons (Fsp3) is 0.120. The number of carbonyl (C=O) groups is 2. The van der Waals surface area contributed by atoms with Gasteiger partial charge in [0.05, 0.1) is 5.69 Å². The van der Waals surface area contributed by atoms with Crippen LogP contribution in [0.15, 0.2) is 84.6 Å². The van der Waals surface area contributed by atoms with Gasteiger partial charge in [0.1, 0.15) is 0 Å². The minimum atomic E-state index is -0.186. The lowest BCUT2D eigenvalue weighted by Gasteiger charge is -2.29. The third-order valence-electron chi connectivity index (χ3n) is 5.16. The van der Waals surface area contributed by atoms with Crippen LogP contribution in [0.1, 0.15) is 21.5 Å². The standard InChI is InChI=1S/C25H22N2O3/c1-26-24(28)19-14-12-17(13-15-19)16-20(18-8-4-3-5-9-18)23-25(29)27(2)21-10-6-7-11-22(21)30-23/h3-15H,16H2,1-2H3,(H,26,28). The summed E-state index contributed by atoms with van der Waals surface area (Å²) in [5, 5.41) is 2.62. The number of hydrogen-bond donors (Lipinski definition) is 1. The molecule has 30 heavy (non-hydrogen) atoms. The smallest absolute Gasteiger partial charge is 0.294 e. The highest BCUT2D eigenvalue weighted by atomic mass is 16.5. The number of anilines is 1. The third kappa shape index (κ3) is 3.70. The number of fused-ring (bicyclic) bond motifs is 1. The minimum Gasteiger partial charge on any atom is -0.449 e. The number of hydrogen-bond acceptors (Lipinski definition) is 3. The van der Waals surface area contributed by atoms with E-state index in [1.54, 1.807) is 31.1 Å². The number of nitrogens with zero attached hydrogens (tertiary/aromatic N) is 1. The Hall–Kier alpha value is -3.86.